The van der Waals surface area contributed by atoms with Gasteiger partial charge in [0.1, 0.15) is 35.7 Å². The molecule has 3 heterocycles. The van der Waals surface area contributed by atoms with E-state index in [0.29, 0.717) is 36.4 Å². The van der Waals surface area contributed by atoms with E-state index in [-0.39, 0.29) is 55.8 Å². The van der Waals surface area contributed by atoms with Gasteiger partial charge in [-0.05, 0) is 37.1 Å². The largest absolute Gasteiger partial charge is 1.00 e. The van der Waals surface area contributed by atoms with Crippen molar-refractivity contribution in [2.24, 2.45) is 9.98 Å². The number of hydrogen-bond donors (Lipinski definition) is 0. The molecule has 1 radical (unpaired) electrons. The van der Waals surface area contributed by atoms with E-state index in [1.165, 1.54) is 0 Å². The summed E-state index contributed by atoms with van der Waals surface area (Å²) in [5.74, 6) is 1.10. The van der Waals surface area contributed by atoms with Crippen molar-refractivity contribution in [1.82, 2.24) is 4.98 Å². The zero-order chi connectivity index (χ0) is 20.6. The zero-order valence-electron chi connectivity index (χ0n) is 18.7. The molecule has 3 aromatic rings. The summed E-state index contributed by atoms with van der Waals surface area (Å²) in [5, 5.41) is 0. The Labute approximate surface area is 230 Å². The molecular formula is C25H23Cl3N3O2V-3. The Morgan fingerprint density at radius 1 is 0.588 bits per heavy atom. The Balaban J connectivity index is 0.00000144. The molecule has 0 fully saturated rings. The minimum absolute atomic E-state index is 0. The summed E-state index contributed by atoms with van der Waals surface area (Å²) >= 11 is 0. The quantitative estimate of drug-likeness (QED) is 0.327. The maximum Gasteiger partial charge on any atom is 0.236 e. The summed E-state index contributed by atoms with van der Waals surface area (Å²) in [7, 11) is 0. The minimum atomic E-state index is -0.415. The predicted molar refractivity (Wildman–Crippen MR) is 117 cm³/mol. The number of pyridine rings is 1. The number of ether oxygens (including phenoxy) is 2. The number of hydrogen-bond acceptors (Lipinski definition) is 5. The smallest absolute Gasteiger partial charge is 0.236 e. The van der Waals surface area contributed by atoms with Crippen LogP contribution in [0.3, 0.4) is 0 Å². The Bertz CT molecular complexity index is 1060. The van der Waals surface area contributed by atoms with E-state index < -0.39 is 11.1 Å². The number of aliphatic imine (C=N–C) groups is 2. The van der Waals surface area contributed by atoms with Crippen molar-refractivity contribution in [3.63, 3.8) is 0 Å². The Morgan fingerprint density at radius 3 is 1.35 bits per heavy atom. The molecule has 5 nitrogen and oxygen atoms in total. The molecule has 179 valence electrons. The molecule has 2 aliphatic rings. The first-order chi connectivity index (χ1) is 14.6. The first-order valence-corrected chi connectivity index (χ1v) is 10.1. The fraction of sp³-hybridized carbons (Fsp3) is 0.240. The molecule has 2 unspecified atom stereocenters. The maximum atomic E-state index is 5.94. The van der Waals surface area contributed by atoms with Gasteiger partial charge in [0.05, 0.1) is 0 Å². The summed E-state index contributed by atoms with van der Waals surface area (Å²) in [6.45, 7) is 5.13. The second kappa shape index (κ2) is 12.1. The minimum Gasteiger partial charge on any atom is -1.00 e. The third-order valence-electron chi connectivity index (χ3n) is 5.66. The number of benzene rings is 2. The Morgan fingerprint density at radius 2 is 0.971 bits per heavy atom. The van der Waals surface area contributed by atoms with Crippen LogP contribution in [0.15, 0.2) is 88.8 Å². The topological polar surface area (TPSA) is 56.1 Å². The van der Waals surface area contributed by atoms with Crippen LogP contribution in [0.2, 0.25) is 0 Å². The van der Waals surface area contributed by atoms with Crippen molar-refractivity contribution in [3.8, 4) is 0 Å². The van der Waals surface area contributed by atoms with Gasteiger partial charge in [-0.1, -0.05) is 66.7 Å². The monoisotopic (exact) mass is 553 g/mol. The van der Waals surface area contributed by atoms with E-state index in [1.807, 2.05) is 54.6 Å². The van der Waals surface area contributed by atoms with Gasteiger partial charge in [-0.2, -0.15) is 0 Å². The van der Waals surface area contributed by atoms with Gasteiger partial charge < -0.3 is 46.7 Å². The standard InChI is InChI=1S/C25H23N3O2.3ClH.V/c1-24(18-10-5-3-6-11-18)16-29-22(27-24)20-14-9-15-21(26-20)23-28-25(2,17-30-23)19-12-7-4-8-13-19;;;;/h3-15H,16-17H2,1-2H3;3*1H;/p-3. The van der Waals surface area contributed by atoms with Gasteiger partial charge in [0.25, 0.3) is 0 Å². The van der Waals surface area contributed by atoms with E-state index in [9.17, 15) is 0 Å². The van der Waals surface area contributed by atoms with Gasteiger partial charge in [-0.25, -0.2) is 15.0 Å². The van der Waals surface area contributed by atoms with Gasteiger partial charge in [0.15, 0.2) is 0 Å². The molecule has 0 N–H and O–H groups in total. The van der Waals surface area contributed by atoms with Crippen LogP contribution in [-0.4, -0.2) is 30.0 Å². The van der Waals surface area contributed by atoms with E-state index in [1.54, 1.807) is 0 Å². The van der Waals surface area contributed by atoms with Gasteiger partial charge in [-0.3, -0.25) is 0 Å². The van der Waals surface area contributed by atoms with Crippen molar-refractivity contribution in [2.45, 2.75) is 24.9 Å². The maximum absolute atomic E-state index is 5.94. The van der Waals surface area contributed by atoms with Crippen LogP contribution < -0.4 is 37.2 Å². The van der Waals surface area contributed by atoms with Crippen molar-refractivity contribution in [2.75, 3.05) is 13.2 Å². The number of rotatable bonds is 4. The molecule has 5 rings (SSSR count). The van der Waals surface area contributed by atoms with Crippen LogP contribution in [0.4, 0.5) is 0 Å². The van der Waals surface area contributed by atoms with Gasteiger partial charge in [0.2, 0.25) is 11.8 Å². The Hall–Kier alpha value is -2.02. The van der Waals surface area contributed by atoms with Crippen molar-refractivity contribution < 1.29 is 65.3 Å². The van der Waals surface area contributed by atoms with Crippen LogP contribution in [0.5, 0.6) is 0 Å². The van der Waals surface area contributed by atoms with Crippen molar-refractivity contribution in [3.05, 3.63) is 101 Å². The fourth-order valence-electron chi connectivity index (χ4n) is 3.82. The summed E-state index contributed by atoms with van der Waals surface area (Å²) in [6, 6.07) is 26.1. The molecule has 0 saturated heterocycles. The molecule has 0 saturated carbocycles. The third-order valence-corrected chi connectivity index (χ3v) is 5.66. The normalized spacial score (nSPS) is 22.3. The summed E-state index contributed by atoms with van der Waals surface area (Å²) < 4.78 is 11.9. The average Bonchev–Trinajstić information content (AvgIpc) is 3.40. The first kappa shape index (κ1) is 30.0. The van der Waals surface area contributed by atoms with E-state index in [4.69, 9.17) is 24.4 Å². The second-order valence-corrected chi connectivity index (χ2v) is 8.10. The van der Waals surface area contributed by atoms with Crippen LogP contribution in [-0.2, 0) is 39.1 Å². The van der Waals surface area contributed by atoms with Gasteiger partial charge in [-0.15, -0.1) is 0 Å². The molecular weight excluding hydrogens is 532 g/mol. The molecule has 0 bridgehead atoms. The summed E-state index contributed by atoms with van der Waals surface area (Å²) in [4.78, 5) is 14.5. The predicted octanol–water partition coefficient (Wildman–Crippen LogP) is -4.52. The van der Waals surface area contributed by atoms with E-state index in [0.717, 1.165) is 11.1 Å². The first-order valence-electron chi connectivity index (χ1n) is 10.1. The van der Waals surface area contributed by atoms with Crippen LogP contribution in [0.25, 0.3) is 0 Å². The van der Waals surface area contributed by atoms with Crippen LogP contribution in [0, 0.1) is 0 Å². The fourth-order valence-corrected chi connectivity index (χ4v) is 3.82. The van der Waals surface area contributed by atoms with E-state index >= 15 is 0 Å². The molecule has 1 aromatic heterocycles. The van der Waals surface area contributed by atoms with Crippen molar-refractivity contribution >= 4 is 11.8 Å². The number of halogens is 3. The second-order valence-electron chi connectivity index (χ2n) is 8.10. The van der Waals surface area contributed by atoms with Crippen LogP contribution >= 0.6 is 0 Å². The molecule has 9 heteroatoms. The number of aromatic nitrogens is 1. The number of nitrogens with zero attached hydrogens (tertiary/aromatic N) is 3. The summed E-state index contributed by atoms with van der Waals surface area (Å²) in [5.41, 5.74) is 2.79. The average molecular weight is 555 g/mol. The molecule has 0 aliphatic carbocycles. The van der Waals surface area contributed by atoms with Gasteiger partial charge in [0, 0.05) is 18.6 Å². The zero-order valence-corrected chi connectivity index (χ0v) is 22.3. The van der Waals surface area contributed by atoms with Crippen molar-refractivity contribution in [1.29, 1.82) is 0 Å². The molecule has 2 aliphatic heterocycles. The van der Waals surface area contributed by atoms with Gasteiger partial charge >= 0.3 is 0 Å². The van der Waals surface area contributed by atoms with Crippen LogP contribution in [0.1, 0.15) is 36.4 Å². The van der Waals surface area contributed by atoms with E-state index in [2.05, 4.69) is 38.1 Å². The molecule has 2 aromatic carbocycles. The SMILES string of the molecule is CC1(c2ccccc2)COC(c2cccc(C3=NC(C)(c4ccccc4)CO3)n2)=N1.[Cl-].[Cl-].[Cl-].[V]. The molecule has 2 atom stereocenters. The summed E-state index contributed by atoms with van der Waals surface area (Å²) in [6.07, 6.45) is 0. The molecule has 34 heavy (non-hydrogen) atoms. The molecule has 0 spiro atoms. The third kappa shape index (κ3) is 5.79. The Kier molecular flexibility index (Phi) is 10.7. The molecule has 0 amide bonds.